The SMILES string of the molecule is CCN(CCCN(C)C)CCC1COCCN1. The Kier molecular flexibility index (Phi) is 7.77. The summed E-state index contributed by atoms with van der Waals surface area (Å²) in [5.74, 6) is 0. The molecule has 0 aromatic carbocycles. The van der Waals surface area contributed by atoms with Gasteiger partial charge in [-0.15, -0.1) is 0 Å². The highest BCUT2D eigenvalue weighted by molar-refractivity contribution is 4.72. The fraction of sp³-hybridized carbons (Fsp3) is 1.00. The van der Waals surface area contributed by atoms with Crippen LogP contribution >= 0.6 is 0 Å². The molecule has 0 saturated carbocycles. The van der Waals surface area contributed by atoms with Crippen LogP contribution in [0.4, 0.5) is 0 Å². The van der Waals surface area contributed by atoms with Gasteiger partial charge in [-0.2, -0.15) is 0 Å². The third-order valence-electron chi connectivity index (χ3n) is 3.32. The Bertz CT molecular complexity index is 182. The van der Waals surface area contributed by atoms with Gasteiger partial charge in [0, 0.05) is 12.6 Å². The van der Waals surface area contributed by atoms with Crippen molar-refractivity contribution in [3.63, 3.8) is 0 Å². The van der Waals surface area contributed by atoms with Crippen molar-refractivity contribution in [2.24, 2.45) is 0 Å². The fourth-order valence-corrected chi connectivity index (χ4v) is 2.18. The molecule has 4 heteroatoms. The maximum atomic E-state index is 5.47. The Morgan fingerprint density at radius 1 is 1.24 bits per heavy atom. The summed E-state index contributed by atoms with van der Waals surface area (Å²) in [6.45, 7) is 9.75. The van der Waals surface area contributed by atoms with Gasteiger partial charge in [0.05, 0.1) is 13.2 Å². The highest BCUT2D eigenvalue weighted by Gasteiger charge is 2.13. The standard InChI is InChI=1S/C13H29N3O/c1-4-16(9-5-8-15(2)3)10-6-13-12-17-11-7-14-13/h13-14H,4-12H2,1-3H3. The molecule has 0 aromatic rings. The minimum atomic E-state index is 0.562. The van der Waals surface area contributed by atoms with Crippen LogP contribution in [0, 0.1) is 0 Å². The normalized spacial score (nSPS) is 21.4. The smallest absolute Gasteiger partial charge is 0.0620 e. The maximum absolute atomic E-state index is 5.47. The lowest BCUT2D eigenvalue weighted by Crippen LogP contribution is -2.43. The van der Waals surface area contributed by atoms with Crippen molar-refractivity contribution >= 4 is 0 Å². The largest absolute Gasteiger partial charge is 0.379 e. The summed E-state index contributed by atoms with van der Waals surface area (Å²) in [4.78, 5) is 4.80. The number of nitrogens with zero attached hydrogens (tertiary/aromatic N) is 2. The van der Waals surface area contributed by atoms with Crippen molar-refractivity contribution in [3.05, 3.63) is 0 Å². The Labute approximate surface area is 106 Å². The zero-order valence-electron chi connectivity index (χ0n) is 11.7. The second kappa shape index (κ2) is 8.86. The first kappa shape index (κ1) is 14.9. The van der Waals surface area contributed by atoms with E-state index in [4.69, 9.17) is 4.74 Å². The molecular weight excluding hydrogens is 214 g/mol. The predicted octanol–water partition coefficient (Wildman–Crippen LogP) is 0.639. The van der Waals surface area contributed by atoms with Crippen LogP contribution in [0.5, 0.6) is 0 Å². The van der Waals surface area contributed by atoms with Crippen molar-refractivity contribution in [2.75, 3.05) is 60.0 Å². The summed E-state index contributed by atoms with van der Waals surface area (Å²) in [5.41, 5.74) is 0. The molecule has 0 aliphatic carbocycles. The van der Waals surface area contributed by atoms with Crippen LogP contribution in [0.1, 0.15) is 19.8 Å². The number of morpholine rings is 1. The lowest BCUT2D eigenvalue weighted by atomic mass is 10.2. The van der Waals surface area contributed by atoms with Crippen LogP contribution in [0.15, 0.2) is 0 Å². The molecule has 102 valence electrons. The molecule has 1 N–H and O–H groups in total. The monoisotopic (exact) mass is 243 g/mol. The first-order valence-electron chi connectivity index (χ1n) is 6.90. The van der Waals surface area contributed by atoms with Crippen molar-refractivity contribution < 1.29 is 4.74 Å². The van der Waals surface area contributed by atoms with E-state index in [9.17, 15) is 0 Å². The average molecular weight is 243 g/mol. The van der Waals surface area contributed by atoms with Gasteiger partial charge in [0.1, 0.15) is 0 Å². The maximum Gasteiger partial charge on any atom is 0.0620 e. The molecule has 4 nitrogen and oxygen atoms in total. The van der Waals surface area contributed by atoms with Gasteiger partial charge in [0.15, 0.2) is 0 Å². The Hall–Kier alpha value is -0.160. The van der Waals surface area contributed by atoms with E-state index in [1.807, 2.05) is 0 Å². The van der Waals surface area contributed by atoms with Gasteiger partial charge in [-0.3, -0.25) is 0 Å². The van der Waals surface area contributed by atoms with Gasteiger partial charge in [0.2, 0.25) is 0 Å². The molecule has 17 heavy (non-hydrogen) atoms. The zero-order valence-corrected chi connectivity index (χ0v) is 11.7. The van der Waals surface area contributed by atoms with E-state index in [0.717, 1.165) is 26.3 Å². The Morgan fingerprint density at radius 2 is 2.06 bits per heavy atom. The molecule has 0 aromatic heterocycles. The number of hydrogen-bond donors (Lipinski definition) is 1. The predicted molar refractivity (Wildman–Crippen MR) is 72.5 cm³/mol. The first-order chi connectivity index (χ1) is 8.22. The highest BCUT2D eigenvalue weighted by Crippen LogP contribution is 2.02. The van der Waals surface area contributed by atoms with Crippen molar-refractivity contribution in [2.45, 2.75) is 25.8 Å². The summed E-state index contributed by atoms with van der Waals surface area (Å²) in [5, 5.41) is 3.51. The van der Waals surface area contributed by atoms with E-state index in [1.54, 1.807) is 0 Å². The second-order valence-electron chi connectivity index (χ2n) is 5.11. The van der Waals surface area contributed by atoms with Crippen molar-refractivity contribution in [1.82, 2.24) is 15.1 Å². The molecule has 0 spiro atoms. The molecule has 1 atom stereocenters. The van der Waals surface area contributed by atoms with E-state index >= 15 is 0 Å². The zero-order chi connectivity index (χ0) is 12.5. The number of rotatable bonds is 8. The topological polar surface area (TPSA) is 27.7 Å². The van der Waals surface area contributed by atoms with Crippen LogP contribution in [0.25, 0.3) is 0 Å². The second-order valence-corrected chi connectivity index (χ2v) is 5.11. The molecule has 0 bridgehead atoms. The van der Waals surface area contributed by atoms with E-state index in [0.29, 0.717) is 6.04 Å². The lowest BCUT2D eigenvalue weighted by molar-refractivity contribution is 0.0700. The van der Waals surface area contributed by atoms with Gasteiger partial charge < -0.3 is 19.9 Å². The Morgan fingerprint density at radius 3 is 2.65 bits per heavy atom. The molecule has 0 radical (unpaired) electrons. The van der Waals surface area contributed by atoms with Crippen molar-refractivity contribution in [3.8, 4) is 0 Å². The third-order valence-corrected chi connectivity index (χ3v) is 3.32. The third kappa shape index (κ3) is 6.99. The first-order valence-corrected chi connectivity index (χ1v) is 6.90. The highest BCUT2D eigenvalue weighted by atomic mass is 16.5. The molecule has 1 rings (SSSR count). The van der Waals surface area contributed by atoms with Crippen molar-refractivity contribution in [1.29, 1.82) is 0 Å². The number of hydrogen-bond acceptors (Lipinski definition) is 4. The van der Waals surface area contributed by atoms with Gasteiger partial charge in [-0.25, -0.2) is 0 Å². The molecular formula is C13H29N3O. The van der Waals surface area contributed by atoms with E-state index in [-0.39, 0.29) is 0 Å². The van der Waals surface area contributed by atoms with E-state index < -0.39 is 0 Å². The van der Waals surface area contributed by atoms with Crippen LogP contribution in [0.2, 0.25) is 0 Å². The molecule has 1 fully saturated rings. The summed E-state index contributed by atoms with van der Waals surface area (Å²) in [6, 6.07) is 0.562. The Balaban J connectivity index is 2.08. The molecule has 1 heterocycles. The average Bonchev–Trinajstić information content (AvgIpc) is 2.34. The summed E-state index contributed by atoms with van der Waals surface area (Å²) in [6.07, 6.45) is 2.46. The number of ether oxygens (including phenoxy) is 1. The van der Waals surface area contributed by atoms with E-state index in [1.165, 1.54) is 32.5 Å². The summed E-state index contributed by atoms with van der Waals surface area (Å²) < 4.78 is 5.47. The van der Waals surface area contributed by atoms with E-state index in [2.05, 4.69) is 36.1 Å². The van der Waals surface area contributed by atoms with Gasteiger partial charge in [-0.1, -0.05) is 6.92 Å². The minimum absolute atomic E-state index is 0.562. The molecule has 1 unspecified atom stereocenters. The van der Waals surface area contributed by atoms with Crippen LogP contribution in [-0.4, -0.2) is 75.9 Å². The van der Waals surface area contributed by atoms with Crippen LogP contribution in [-0.2, 0) is 4.74 Å². The summed E-state index contributed by atoms with van der Waals surface area (Å²) in [7, 11) is 4.28. The van der Waals surface area contributed by atoms with Crippen LogP contribution < -0.4 is 5.32 Å². The lowest BCUT2D eigenvalue weighted by Gasteiger charge is -2.27. The molecule has 1 aliphatic rings. The van der Waals surface area contributed by atoms with Gasteiger partial charge in [0.25, 0.3) is 0 Å². The molecule has 1 saturated heterocycles. The van der Waals surface area contributed by atoms with Gasteiger partial charge in [-0.05, 0) is 53.1 Å². The number of nitrogens with one attached hydrogen (secondary N) is 1. The van der Waals surface area contributed by atoms with Crippen LogP contribution in [0.3, 0.4) is 0 Å². The summed E-state index contributed by atoms with van der Waals surface area (Å²) >= 11 is 0. The van der Waals surface area contributed by atoms with Gasteiger partial charge >= 0.3 is 0 Å². The minimum Gasteiger partial charge on any atom is -0.379 e. The molecule has 1 aliphatic heterocycles. The fourth-order valence-electron chi connectivity index (χ4n) is 2.18. The molecule has 0 amide bonds. The quantitative estimate of drug-likeness (QED) is 0.677.